The second-order valence-electron chi connectivity index (χ2n) is 4.56. The minimum Gasteiger partial charge on any atom is -0.313 e. The van der Waals surface area contributed by atoms with Crippen LogP contribution in [0.15, 0.2) is 17.8 Å². The molecule has 16 heavy (non-hydrogen) atoms. The maximum absolute atomic E-state index is 4.16. The topological polar surface area (TPSA) is 29.9 Å². The molecule has 90 valence electrons. The fourth-order valence-corrected chi connectivity index (χ4v) is 1.53. The molecule has 0 aliphatic carbocycles. The van der Waals surface area contributed by atoms with Crippen molar-refractivity contribution in [3.05, 3.63) is 23.5 Å². The van der Waals surface area contributed by atoms with Crippen molar-refractivity contribution in [2.75, 3.05) is 13.1 Å². The standard InChI is InChI=1S/C13H23N3/c1-5-12(10-14-9-11(2)3)8-13-6-7-15-16(13)4/h6-8,11,14H,5,9-10H2,1-4H3. The number of aromatic nitrogens is 2. The van der Waals surface area contributed by atoms with Gasteiger partial charge in [0.1, 0.15) is 0 Å². The molecule has 3 heteroatoms. The van der Waals surface area contributed by atoms with Crippen LogP contribution in [0.3, 0.4) is 0 Å². The predicted octanol–water partition coefficient (Wildman–Crippen LogP) is 2.46. The average molecular weight is 221 g/mol. The summed E-state index contributed by atoms with van der Waals surface area (Å²) in [6.07, 6.45) is 5.14. The van der Waals surface area contributed by atoms with Crippen LogP contribution in [0.5, 0.6) is 0 Å². The minimum absolute atomic E-state index is 0.704. The second-order valence-corrected chi connectivity index (χ2v) is 4.56. The first kappa shape index (κ1) is 13.0. The highest BCUT2D eigenvalue weighted by molar-refractivity contribution is 5.49. The van der Waals surface area contributed by atoms with Crippen molar-refractivity contribution in [1.29, 1.82) is 0 Å². The van der Waals surface area contributed by atoms with Crippen molar-refractivity contribution < 1.29 is 0 Å². The molecule has 0 bridgehead atoms. The highest BCUT2D eigenvalue weighted by Gasteiger charge is 1.99. The van der Waals surface area contributed by atoms with Gasteiger partial charge >= 0.3 is 0 Å². The summed E-state index contributed by atoms with van der Waals surface area (Å²) in [5.41, 5.74) is 2.59. The highest BCUT2D eigenvalue weighted by Crippen LogP contribution is 2.07. The Bertz CT molecular complexity index is 337. The van der Waals surface area contributed by atoms with E-state index in [2.05, 4.69) is 37.3 Å². The van der Waals surface area contributed by atoms with Crippen molar-refractivity contribution in [2.24, 2.45) is 13.0 Å². The van der Waals surface area contributed by atoms with E-state index in [4.69, 9.17) is 0 Å². The molecule has 0 atom stereocenters. The van der Waals surface area contributed by atoms with E-state index in [9.17, 15) is 0 Å². The van der Waals surface area contributed by atoms with Crippen LogP contribution in [-0.2, 0) is 7.05 Å². The number of hydrogen-bond acceptors (Lipinski definition) is 2. The SMILES string of the molecule is CCC(=Cc1ccnn1C)CNCC(C)C. The Hall–Kier alpha value is -1.09. The fraction of sp³-hybridized carbons (Fsp3) is 0.615. The lowest BCUT2D eigenvalue weighted by molar-refractivity contribution is 0.569. The van der Waals surface area contributed by atoms with Crippen LogP contribution >= 0.6 is 0 Å². The second kappa shape index (κ2) is 6.48. The maximum Gasteiger partial charge on any atom is 0.0606 e. The van der Waals surface area contributed by atoms with Crippen LogP contribution in [0.4, 0.5) is 0 Å². The van der Waals surface area contributed by atoms with E-state index in [1.54, 1.807) is 0 Å². The molecule has 3 nitrogen and oxygen atoms in total. The molecular formula is C13H23N3. The highest BCUT2D eigenvalue weighted by atomic mass is 15.2. The summed E-state index contributed by atoms with van der Waals surface area (Å²) in [4.78, 5) is 0. The number of aryl methyl sites for hydroxylation is 1. The van der Waals surface area contributed by atoms with Crippen molar-refractivity contribution >= 4 is 6.08 Å². The lowest BCUT2D eigenvalue weighted by atomic mass is 10.1. The van der Waals surface area contributed by atoms with Gasteiger partial charge in [-0.25, -0.2) is 0 Å². The molecule has 0 fully saturated rings. The Balaban J connectivity index is 2.54. The third kappa shape index (κ3) is 4.19. The zero-order valence-corrected chi connectivity index (χ0v) is 10.8. The summed E-state index contributed by atoms with van der Waals surface area (Å²) in [6.45, 7) is 8.69. The van der Waals surface area contributed by atoms with Crippen LogP contribution in [0.2, 0.25) is 0 Å². The Labute approximate surface area is 98.5 Å². The summed E-state index contributed by atoms with van der Waals surface area (Å²) in [5, 5.41) is 7.63. The van der Waals surface area contributed by atoms with Crippen LogP contribution in [-0.4, -0.2) is 22.9 Å². The molecule has 0 aromatic carbocycles. The van der Waals surface area contributed by atoms with Gasteiger partial charge in [0.25, 0.3) is 0 Å². The summed E-state index contributed by atoms with van der Waals surface area (Å²) < 4.78 is 1.90. The molecule has 1 rings (SSSR count). The molecule has 1 aromatic rings. The molecule has 0 spiro atoms. The first-order valence-corrected chi connectivity index (χ1v) is 6.01. The monoisotopic (exact) mass is 221 g/mol. The van der Waals surface area contributed by atoms with Gasteiger partial charge in [0.2, 0.25) is 0 Å². The van der Waals surface area contributed by atoms with Gasteiger partial charge in [0.15, 0.2) is 0 Å². The van der Waals surface area contributed by atoms with Crippen molar-refractivity contribution in [1.82, 2.24) is 15.1 Å². The smallest absolute Gasteiger partial charge is 0.0606 e. The van der Waals surface area contributed by atoms with Gasteiger partial charge in [-0.15, -0.1) is 0 Å². The first-order chi connectivity index (χ1) is 7.63. The molecule has 0 saturated carbocycles. The van der Waals surface area contributed by atoms with E-state index in [0.717, 1.165) is 19.5 Å². The Morgan fingerprint density at radius 1 is 1.56 bits per heavy atom. The van der Waals surface area contributed by atoms with Crippen LogP contribution in [0.1, 0.15) is 32.9 Å². The summed E-state index contributed by atoms with van der Waals surface area (Å²) in [6, 6.07) is 2.04. The molecule has 1 N–H and O–H groups in total. The zero-order valence-electron chi connectivity index (χ0n) is 10.8. The lowest BCUT2D eigenvalue weighted by Crippen LogP contribution is -2.21. The van der Waals surface area contributed by atoms with E-state index in [1.165, 1.54) is 11.3 Å². The third-order valence-corrected chi connectivity index (χ3v) is 2.57. The molecule has 0 aliphatic rings. The van der Waals surface area contributed by atoms with Crippen LogP contribution in [0, 0.1) is 5.92 Å². The number of hydrogen-bond donors (Lipinski definition) is 1. The van der Waals surface area contributed by atoms with Crippen molar-refractivity contribution in [3.8, 4) is 0 Å². The molecule has 1 aromatic heterocycles. The van der Waals surface area contributed by atoms with Gasteiger partial charge in [-0.3, -0.25) is 4.68 Å². The molecule has 0 aliphatic heterocycles. The van der Waals surface area contributed by atoms with Crippen LogP contribution < -0.4 is 5.32 Å². The number of nitrogens with one attached hydrogen (secondary N) is 1. The molecule has 0 unspecified atom stereocenters. The summed E-state index contributed by atoms with van der Waals surface area (Å²) >= 11 is 0. The normalized spacial score (nSPS) is 12.4. The van der Waals surface area contributed by atoms with Gasteiger partial charge < -0.3 is 5.32 Å². The average Bonchev–Trinajstić information content (AvgIpc) is 2.62. The Morgan fingerprint density at radius 3 is 2.81 bits per heavy atom. The molecule has 0 saturated heterocycles. The van der Waals surface area contributed by atoms with E-state index in [0.29, 0.717) is 5.92 Å². The minimum atomic E-state index is 0.704. The largest absolute Gasteiger partial charge is 0.313 e. The zero-order chi connectivity index (χ0) is 12.0. The van der Waals surface area contributed by atoms with E-state index < -0.39 is 0 Å². The van der Waals surface area contributed by atoms with Gasteiger partial charge in [-0.1, -0.05) is 26.3 Å². The maximum atomic E-state index is 4.16. The molecular weight excluding hydrogens is 198 g/mol. The fourth-order valence-electron chi connectivity index (χ4n) is 1.53. The molecule has 0 radical (unpaired) electrons. The van der Waals surface area contributed by atoms with Gasteiger partial charge in [-0.2, -0.15) is 5.10 Å². The lowest BCUT2D eigenvalue weighted by Gasteiger charge is -2.09. The van der Waals surface area contributed by atoms with Gasteiger partial charge in [0, 0.05) is 19.8 Å². The summed E-state index contributed by atoms with van der Waals surface area (Å²) in [7, 11) is 1.97. The first-order valence-electron chi connectivity index (χ1n) is 6.01. The predicted molar refractivity (Wildman–Crippen MR) is 69.2 cm³/mol. The summed E-state index contributed by atoms with van der Waals surface area (Å²) in [5.74, 6) is 0.704. The van der Waals surface area contributed by atoms with Crippen LogP contribution in [0.25, 0.3) is 6.08 Å². The molecule has 1 heterocycles. The van der Waals surface area contributed by atoms with Gasteiger partial charge in [0.05, 0.1) is 5.69 Å². The Morgan fingerprint density at radius 2 is 2.31 bits per heavy atom. The van der Waals surface area contributed by atoms with E-state index in [-0.39, 0.29) is 0 Å². The van der Waals surface area contributed by atoms with Crippen molar-refractivity contribution in [2.45, 2.75) is 27.2 Å². The quantitative estimate of drug-likeness (QED) is 0.799. The van der Waals surface area contributed by atoms with E-state index >= 15 is 0 Å². The Kier molecular flexibility index (Phi) is 5.26. The van der Waals surface area contributed by atoms with Crippen molar-refractivity contribution in [3.63, 3.8) is 0 Å². The number of nitrogens with zero attached hydrogens (tertiary/aromatic N) is 2. The van der Waals surface area contributed by atoms with Gasteiger partial charge in [-0.05, 0) is 31.0 Å². The van der Waals surface area contributed by atoms with E-state index in [1.807, 2.05) is 24.0 Å². The third-order valence-electron chi connectivity index (χ3n) is 2.57. The number of rotatable bonds is 6. The molecule has 0 amide bonds.